The Bertz CT molecular complexity index is 102. The Hall–Kier alpha value is -0.0800. The molecule has 3 rings (SSSR count). The van der Waals surface area contributed by atoms with Crippen molar-refractivity contribution in [1.82, 2.24) is 5.32 Å². The normalized spacial score (nSPS) is 51.4. The molecular formula is C6H11NO. The Kier molecular flexibility index (Phi) is 0.746. The lowest BCUT2D eigenvalue weighted by molar-refractivity contribution is 0.120. The number of ether oxygens (including phenoxy) is 1. The van der Waals surface area contributed by atoms with E-state index in [1.165, 1.54) is 12.8 Å². The second-order valence-corrected chi connectivity index (χ2v) is 2.87. The minimum Gasteiger partial charge on any atom is -0.376 e. The fraction of sp³-hybridized carbons (Fsp3) is 1.00. The minimum absolute atomic E-state index is 0.407. The molecule has 0 atom stereocenters. The van der Waals surface area contributed by atoms with Crippen molar-refractivity contribution in [3.63, 3.8) is 0 Å². The summed E-state index contributed by atoms with van der Waals surface area (Å²) in [6.45, 7) is 0.939. The van der Waals surface area contributed by atoms with Crippen LogP contribution in [0.4, 0.5) is 0 Å². The van der Waals surface area contributed by atoms with Gasteiger partial charge in [0.05, 0.1) is 12.7 Å². The van der Waals surface area contributed by atoms with Crippen LogP contribution in [0.5, 0.6) is 0 Å². The van der Waals surface area contributed by atoms with Gasteiger partial charge in [-0.2, -0.15) is 0 Å². The molecule has 0 unspecified atom stereocenters. The number of likely N-dealkylation sites (N-methyl/N-ethyl adjacent to an activating group) is 1. The molecule has 3 aliphatic rings. The standard InChI is InChI=1S/C6H11NO/c1-7-6-2-5(3-6)8-4-6/h5,7H,2-4H2,1H3. The van der Waals surface area contributed by atoms with E-state index in [4.69, 9.17) is 4.74 Å². The summed E-state index contributed by atoms with van der Waals surface area (Å²) >= 11 is 0. The first-order valence-electron chi connectivity index (χ1n) is 3.15. The van der Waals surface area contributed by atoms with E-state index in [0.29, 0.717) is 11.6 Å². The van der Waals surface area contributed by atoms with Gasteiger partial charge in [0.2, 0.25) is 0 Å². The predicted molar refractivity (Wildman–Crippen MR) is 30.8 cm³/mol. The van der Waals surface area contributed by atoms with Gasteiger partial charge in [-0.1, -0.05) is 0 Å². The van der Waals surface area contributed by atoms with Crippen LogP contribution in [0.3, 0.4) is 0 Å². The molecule has 0 aromatic rings. The van der Waals surface area contributed by atoms with Crippen LogP contribution >= 0.6 is 0 Å². The third kappa shape index (κ3) is 0.400. The molecule has 2 heteroatoms. The molecule has 0 aromatic heterocycles. The molecule has 1 N–H and O–H groups in total. The van der Waals surface area contributed by atoms with Crippen molar-refractivity contribution in [1.29, 1.82) is 0 Å². The molecule has 8 heavy (non-hydrogen) atoms. The molecular weight excluding hydrogens is 102 g/mol. The van der Waals surface area contributed by atoms with E-state index in [9.17, 15) is 0 Å². The summed E-state index contributed by atoms with van der Waals surface area (Å²) < 4.78 is 5.36. The highest BCUT2D eigenvalue weighted by atomic mass is 16.5. The Labute approximate surface area is 49.2 Å². The zero-order chi connectivity index (χ0) is 5.61. The van der Waals surface area contributed by atoms with Crippen LogP contribution in [0, 0.1) is 0 Å². The summed E-state index contributed by atoms with van der Waals surface area (Å²) in [4.78, 5) is 0. The van der Waals surface area contributed by atoms with Crippen molar-refractivity contribution in [2.45, 2.75) is 24.5 Å². The Morgan fingerprint density at radius 2 is 2.38 bits per heavy atom. The van der Waals surface area contributed by atoms with Gasteiger partial charge in [0.1, 0.15) is 0 Å². The molecule has 2 nitrogen and oxygen atoms in total. The first kappa shape index (κ1) is 4.77. The van der Waals surface area contributed by atoms with Gasteiger partial charge in [0.25, 0.3) is 0 Å². The lowest BCUT2D eigenvalue weighted by Gasteiger charge is -2.34. The molecule has 0 spiro atoms. The van der Waals surface area contributed by atoms with E-state index in [1.807, 2.05) is 7.05 Å². The molecule has 2 aliphatic heterocycles. The first-order chi connectivity index (χ1) is 3.85. The average Bonchev–Trinajstić information content (AvgIpc) is 2.17. The Balaban J connectivity index is 2.09. The van der Waals surface area contributed by atoms with Crippen LogP contribution in [-0.4, -0.2) is 25.3 Å². The molecule has 0 amide bonds. The molecule has 46 valence electrons. The second-order valence-electron chi connectivity index (χ2n) is 2.87. The van der Waals surface area contributed by atoms with E-state index in [2.05, 4.69) is 5.32 Å². The van der Waals surface area contributed by atoms with Crippen LogP contribution in [0.1, 0.15) is 12.8 Å². The second kappa shape index (κ2) is 1.25. The van der Waals surface area contributed by atoms with Crippen LogP contribution in [-0.2, 0) is 4.74 Å². The monoisotopic (exact) mass is 113 g/mol. The zero-order valence-electron chi connectivity index (χ0n) is 5.11. The van der Waals surface area contributed by atoms with Gasteiger partial charge >= 0.3 is 0 Å². The fourth-order valence-electron chi connectivity index (χ4n) is 1.60. The number of nitrogens with one attached hydrogen (secondary N) is 1. The zero-order valence-corrected chi connectivity index (χ0v) is 5.11. The Morgan fingerprint density at radius 3 is 2.62 bits per heavy atom. The lowest BCUT2D eigenvalue weighted by Crippen LogP contribution is -2.50. The van der Waals surface area contributed by atoms with Gasteiger partial charge in [-0.25, -0.2) is 0 Å². The number of hydrogen-bond acceptors (Lipinski definition) is 2. The molecule has 1 aliphatic carbocycles. The molecule has 0 aromatic carbocycles. The van der Waals surface area contributed by atoms with Gasteiger partial charge in [0, 0.05) is 5.54 Å². The Morgan fingerprint density at radius 1 is 1.62 bits per heavy atom. The first-order valence-corrected chi connectivity index (χ1v) is 3.15. The van der Waals surface area contributed by atoms with Crippen LogP contribution < -0.4 is 5.32 Å². The van der Waals surface area contributed by atoms with Gasteiger partial charge in [-0.05, 0) is 19.9 Å². The quantitative estimate of drug-likeness (QED) is 0.522. The van der Waals surface area contributed by atoms with Gasteiger partial charge in [-0.3, -0.25) is 0 Å². The lowest BCUT2D eigenvalue weighted by atomic mass is 9.78. The molecule has 2 bridgehead atoms. The molecule has 2 saturated heterocycles. The molecule has 0 radical (unpaired) electrons. The number of hydrogen-bond donors (Lipinski definition) is 1. The van der Waals surface area contributed by atoms with Crippen molar-refractivity contribution in [3.8, 4) is 0 Å². The van der Waals surface area contributed by atoms with E-state index in [0.717, 1.165) is 6.61 Å². The summed E-state index contributed by atoms with van der Waals surface area (Å²) in [6, 6.07) is 0. The van der Waals surface area contributed by atoms with Crippen molar-refractivity contribution >= 4 is 0 Å². The van der Waals surface area contributed by atoms with Crippen LogP contribution in [0.15, 0.2) is 0 Å². The molecule has 1 saturated carbocycles. The van der Waals surface area contributed by atoms with E-state index < -0.39 is 0 Å². The third-order valence-corrected chi connectivity index (χ3v) is 2.36. The van der Waals surface area contributed by atoms with Crippen LogP contribution in [0.2, 0.25) is 0 Å². The SMILES string of the molecule is CNC12COC(C1)C2. The highest BCUT2D eigenvalue weighted by Gasteiger charge is 2.50. The molecule has 3 fully saturated rings. The number of rotatable bonds is 1. The van der Waals surface area contributed by atoms with Crippen LogP contribution in [0.25, 0.3) is 0 Å². The van der Waals surface area contributed by atoms with Gasteiger partial charge < -0.3 is 10.1 Å². The maximum atomic E-state index is 5.36. The highest BCUT2D eigenvalue weighted by Crippen LogP contribution is 2.41. The summed E-state index contributed by atoms with van der Waals surface area (Å²) in [7, 11) is 2.02. The largest absolute Gasteiger partial charge is 0.376 e. The maximum Gasteiger partial charge on any atom is 0.0653 e. The predicted octanol–water partition coefficient (Wildman–Crippen LogP) is 0.137. The van der Waals surface area contributed by atoms with E-state index in [-0.39, 0.29) is 0 Å². The van der Waals surface area contributed by atoms with E-state index >= 15 is 0 Å². The van der Waals surface area contributed by atoms with Crippen molar-refractivity contribution in [2.24, 2.45) is 0 Å². The van der Waals surface area contributed by atoms with Crippen molar-refractivity contribution < 1.29 is 4.74 Å². The fourth-order valence-corrected chi connectivity index (χ4v) is 1.60. The average molecular weight is 113 g/mol. The summed E-state index contributed by atoms with van der Waals surface area (Å²) in [5.74, 6) is 0. The highest BCUT2D eigenvalue weighted by molar-refractivity contribution is 5.06. The summed E-state index contributed by atoms with van der Waals surface area (Å²) in [5, 5.41) is 3.28. The summed E-state index contributed by atoms with van der Waals surface area (Å²) in [5.41, 5.74) is 0.407. The summed E-state index contributed by atoms with van der Waals surface area (Å²) in [6.07, 6.45) is 3.08. The smallest absolute Gasteiger partial charge is 0.0653 e. The van der Waals surface area contributed by atoms with Gasteiger partial charge in [0.15, 0.2) is 0 Å². The minimum atomic E-state index is 0.407. The maximum absolute atomic E-state index is 5.36. The van der Waals surface area contributed by atoms with E-state index in [1.54, 1.807) is 0 Å². The molecule has 2 heterocycles. The van der Waals surface area contributed by atoms with Crippen molar-refractivity contribution in [3.05, 3.63) is 0 Å². The topological polar surface area (TPSA) is 21.3 Å². The van der Waals surface area contributed by atoms with Gasteiger partial charge in [-0.15, -0.1) is 0 Å². The number of fused-ring (bicyclic) bond motifs is 1. The third-order valence-electron chi connectivity index (χ3n) is 2.36. The van der Waals surface area contributed by atoms with Crippen molar-refractivity contribution in [2.75, 3.05) is 13.7 Å².